The maximum atomic E-state index is 14.2. The highest BCUT2D eigenvalue weighted by Crippen LogP contribution is 2.23. The molecule has 0 fully saturated rings. The summed E-state index contributed by atoms with van der Waals surface area (Å²) >= 11 is 2.24. The molecule has 9 heteroatoms. The van der Waals surface area contributed by atoms with Crippen LogP contribution < -0.4 is 20.7 Å². The van der Waals surface area contributed by atoms with Crippen molar-refractivity contribution in [3.63, 3.8) is 0 Å². The van der Waals surface area contributed by atoms with Crippen LogP contribution in [0.15, 0.2) is 67.4 Å². The van der Waals surface area contributed by atoms with Gasteiger partial charge in [0.2, 0.25) is 11.9 Å². The van der Waals surface area contributed by atoms with Crippen molar-refractivity contribution < 1.29 is 13.9 Å². The van der Waals surface area contributed by atoms with Gasteiger partial charge < -0.3 is 20.7 Å². The molecule has 0 saturated heterocycles. The standard InChI is InChI=1S/C21H19FIN5O2/c1-2-19(29)25-15-4-3-5-16(12-15)26-20-18(22)13-24-21(28-20)27-14-6-8-17(9-7-14)30-11-10-23/h2-9,12-13H,1,10-11H2,(H,25,29)(H2,24,26,27,28). The number of halogens is 2. The van der Waals surface area contributed by atoms with Gasteiger partial charge in [0, 0.05) is 21.5 Å². The van der Waals surface area contributed by atoms with Gasteiger partial charge in [-0.3, -0.25) is 4.79 Å². The fourth-order valence-electron chi connectivity index (χ4n) is 2.44. The van der Waals surface area contributed by atoms with Gasteiger partial charge in [-0.25, -0.2) is 9.37 Å². The van der Waals surface area contributed by atoms with Gasteiger partial charge in [0.05, 0.1) is 12.8 Å². The maximum absolute atomic E-state index is 14.2. The normalized spacial score (nSPS) is 10.2. The summed E-state index contributed by atoms with van der Waals surface area (Å²) in [6, 6.07) is 14.1. The molecule has 3 aromatic rings. The van der Waals surface area contributed by atoms with Crippen molar-refractivity contribution in [1.82, 2.24) is 9.97 Å². The summed E-state index contributed by atoms with van der Waals surface area (Å²) in [7, 11) is 0. The van der Waals surface area contributed by atoms with Gasteiger partial charge in [-0.2, -0.15) is 4.98 Å². The Labute approximate surface area is 186 Å². The second kappa shape index (κ2) is 10.5. The molecule has 0 unspecified atom stereocenters. The molecule has 3 rings (SSSR count). The van der Waals surface area contributed by atoms with Gasteiger partial charge in [-0.1, -0.05) is 35.2 Å². The summed E-state index contributed by atoms with van der Waals surface area (Å²) in [4.78, 5) is 19.6. The Hall–Kier alpha value is -3.21. The average molecular weight is 519 g/mol. The van der Waals surface area contributed by atoms with Gasteiger partial charge in [-0.05, 0) is 48.5 Å². The molecule has 0 saturated carbocycles. The van der Waals surface area contributed by atoms with Crippen molar-refractivity contribution in [2.75, 3.05) is 27.0 Å². The highest BCUT2D eigenvalue weighted by Gasteiger charge is 2.09. The zero-order valence-corrected chi connectivity index (χ0v) is 18.0. The molecule has 3 N–H and O–H groups in total. The summed E-state index contributed by atoms with van der Waals surface area (Å²) in [5, 5.41) is 8.58. The molecule has 154 valence electrons. The molecule has 7 nitrogen and oxygen atoms in total. The van der Waals surface area contributed by atoms with E-state index in [4.69, 9.17) is 4.74 Å². The van der Waals surface area contributed by atoms with Crippen molar-refractivity contribution in [3.8, 4) is 5.75 Å². The monoisotopic (exact) mass is 519 g/mol. The largest absolute Gasteiger partial charge is 0.493 e. The first-order valence-electron chi connectivity index (χ1n) is 8.96. The third-order valence-corrected chi connectivity index (χ3v) is 4.22. The van der Waals surface area contributed by atoms with E-state index in [2.05, 4.69) is 55.1 Å². The van der Waals surface area contributed by atoms with E-state index in [0.29, 0.717) is 18.0 Å². The van der Waals surface area contributed by atoms with E-state index in [1.807, 2.05) is 24.3 Å². The number of amides is 1. The number of rotatable bonds is 9. The smallest absolute Gasteiger partial charge is 0.247 e. The summed E-state index contributed by atoms with van der Waals surface area (Å²) < 4.78 is 20.7. The lowest BCUT2D eigenvalue weighted by atomic mass is 10.2. The Kier molecular flexibility index (Phi) is 7.55. The van der Waals surface area contributed by atoms with Gasteiger partial charge in [0.15, 0.2) is 11.6 Å². The minimum absolute atomic E-state index is 0.00157. The number of carbonyl (C=O) groups is 1. The number of ether oxygens (including phenoxy) is 1. The van der Waals surface area contributed by atoms with Crippen LogP contribution in [0.2, 0.25) is 0 Å². The van der Waals surface area contributed by atoms with Crippen LogP contribution in [-0.2, 0) is 4.79 Å². The van der Waals surface area contributed by atoms with Gasteiger partial charge in [0.25, 0.3) is 0 Å². The number of hydrogen-bond acceptors (Lipinski definition) is 6. The number of aromatic nitrogens is 2. The third-order valence-electron chi connectivity index (χ3n) is 3.78. The van der Waals surface area contributed by atoms with E-state index < -0.39 is 5.82 Å². The number of benzene rings is 2. The number of nitrogens with one attached hydrogen (secondary N) is 3. The first-order chi connectivity index (χ1) is 14.6. The van der Waals surface area contributed by atoms with E-state index >= 15 is 0 Å². The van der Waals surface area contributed by atoms with E-state index in [1.165, 1.54) is 6.08 Å². The lowest BCUT2D eigenvalue weighted by molar-refractivity contribution is -0.111. The number of alkyl halides is 1. The molecule has 1 amide bonds. The molecule has 0 atom stereocenters. The molecule has 0 spiro atoms. The van der Waals surface area contributed by atoms with Crippen LogP contribution >= 0.6 is 22.6 Å². The lowest BCUT2D eigenvalue weighted by Crippen LogP contribution is -2.07. The first-order valence-corrected chi connectivity index (χ1v) is 10.5. The minimum atomic E-state index is -0.608. The molecule has 1 aromatic heterocycles. The summed E-state index contributed by atoms with van der Waals surface area (Å²) in [5.41, 5.74) is 1.84. The molecule has 0 radical (unpaired) electrons. The minimum Gasteiger partial charge on any atom is -0.493 e. The van der Waals surface area contributed by atoms with Gasteiger partial charge in [0.1, 0.15) is 5.75 Å². The quantitative estimate of drug-likeness (QED) is 0.209. The number of carbonyl (C=O) groups excluding carboxylic acids is 1. The molecule has 0 aliphatic carbocycles. The maximum Gasteiger partial charge on any atom is 0.247 e. The van der Waals surface area contributed by atoms with Crippen molar-refractivity contribution in [2.45, 2.75) is 0 Å². The van der Waals surface area contributed by atoms with E-state index in [1.54, 1.807) is 24.3 Å². The SMILES string of the molecule is C=CC(=O)Nc1cccc(Nc2nc(Nc3ccc(OCCI)cc3)ncc2F)c1. The molecule has 2 aromatic carbocycles. The van der Waals surface area contributed by atoms with Crippen LogP contribution in [0.3, 0.4) is 0 Å². The van der Waals surface area contributed by atoms with Gasteiger partial charge >= 0.3 is 0 Å². The van der Waals surface area contributed by atoms with Crippen molar-refractivity contribution in [1.29, 1.82) is 0 Å². The molecule has 0 aliphatic rings. The molecular formula is C21H19FIN5O2. The molecule has 0 bridgehead atoms. The van der Waals surface area contributed by atoms with E-state index in [-0.39, 0.29) is 17.7 Å². The Bertz CT molecular complexity index is 1030. The molecular weight excluding hydrogens is 500 g/mol. The van der Waals surface area contributed by atoms with Crippen LogP contribution in [0.1, 0.15) is 0 Å². The Morgan fingerprint density at radius 3 is 2.63 bits per heavy atom. The van der Waals surface area contributed by atoms with Crippen LogP contribution in [0, 0.1) is 5.82 Å². The highest BCUT2D eigenvalue weighted by molar-refractivity contribution is 14.1. The average Bonchev–Trinajstić information content (AvgIpc) is 2.76. The van der Waals surface area contributed by atoms with E-state index in [0.717, 1.165) is 22.1 Å². The van der Waals surface area contributed by atoms with Crippen LogP contribution in [-0.4, -0.2) is 26.9 Å². The second-order valence-corrected chi connectivity index (χ2v) is 7.05. The summed E-state index contributed by atoms with van der Waals surface area (Å²) in [6.07, 6.45) is 2.25. The summed E-state index contributed by atoms with van der Waals surface area (Å²) in [5.74, 6) is 0.0573. The predicted molar refractivity (Wildman–Crippen MR) is 125 cm³/mol. The highest BCUT2D eigenvalue weighted by atomic mass is 127. The fraction of sp³-hybridized carbons (Fsp3) is 0.0952. The Morgan fingerprint density at radius 1 is 1.13 bits per heavy atom. The number of nitrogens with zero attached hydrogens (tertiary/aromatic N) is 2. The van der Waals surface area contributed by atoms with Crippen molar-refractivity contribution in [3.05, 3.63) is 73.2 Å². The third kappa shape index (κ3) is 6.14. The fourth-order valence-corrected chi connectivity index (χ4v) is 2.66. The van der Waals surface area contributed by atoms with Gasteiger partial charge in [-0.15, -0.1) is 0 Å². The zero-order chi connectivity index (χ0) is 21.3. The lowest BCUT2D eigenvalue weighted by Gasteiger charge is -2.11. The topological polar surface area (TPSA) is 88.2 Å². The van der Waals surface area contributed by atoms with Crippen LogP contribution in [0.25, 0.3) is 0 Å². The summed E-state index contributed by atoms with van der Waals surface area (Å²) in [6.45, 7) is 4.05. The predicted octanol–water partition coefficient (Wildman–Crippen LogP) is 5.04. The Morgan fingerprint density at radius 2 is 1.90 bits per heavy atom. The van der Waals surface area contributed by atoms with Crippen LogP contribution in [0.5, 0.6) is 5.75 Å². The zero-order valence-electron chi connectivity index (χ0n) is 15.9. The second-order valence-electron chi connectivity index (χ2n) is 5.98. The molecule has 1 heterocycles. The van der Waals surface area contributed by atoms with Crippen LogP contribution in [0.4, 0.5) is 33.2 Å². The van der Waals surface area contributed by atoms with Crippen molar-refractivity contribution >= 4 is 57.3 Å². The first kappa shape index (κ1) is 21.5. The Balaban J connectivity index is 1.71. The number of anilines is 5. The van der Waals surface area contributed by atoms with E-state index in [9.17, 15) is 9.18 Å². The number of hydrogen-bond donors (Lipinski definition) is 3. The molecule has 30 heavy (non-hydrogen) atoms. The van der Waals surface area contributed by atoms with Crippen molar-refractivity contribution in [2.24, 2.45) is 0 Å². The molecule has 0 aliphatic heterocycles.